The fraction of sp³-hybridized carbons (Fsp3) is 0.429. The van der Waals surface area contributed by atoms with Crippen molar-refractivity contribution in [1.29, 1.82) is 0 Å². The first-order valence-electron chi connectivity index (χ1n) is 6.37. The predicted molar refractivity (Wildman–Crippen MR) is 79.6 cm³/mol. The molecule has 6 heteroatoms. The van der Waals surface area contributed by atoms with Gasteiger partial charge < -0.3 is 9.64 Å². The summed E-state index contributed by atoms with van der Waals surface area (Å²) in [5.74, 6) is 0.0108. The van der Waals surface area contributed by atoms with Crippen molar-refractivity contribution in [3.05, 3.63) is 34.9 Å². The minimum absolute atomic E-state index is 0.155. The first-order chi connectivity index (χ1) is 9.56. The van der Waals surface area contributed by atoms with Crippen molar-refractivity contribution in [1.82, 2.24) is 4.90 Å². The summed E-state index contributed by atoms with van der Waals surface area (Å²) in [6.07, 6.45) is 0. The van der Waals surface area contributed by atoms with E-state index in [0.717, 1.165) is 5.56 Å². The first kappa shape index (κ1) is 15.2. The highest BCUT2D eigenvalue weighted by Gasteiger charge is 2.42. The number of rotatable bonds is 3. The molecule has 0 aliphatic carbocycles. The Morgan fingerprint density at radius 1 is 1.45 bits per heavy atom. The Hall–Kier alpha value is -1.20. The molecule has 1 fully saturated rings. The molecule has 1 heterocycles. The number of ether oxygens (including phenoxy) is 1. The molecule has 1 saturated heterocycles. The number of halogens is 1. The van der Waals surface area contributed by atoms with E-state index < -0.39 is 6.04 Å². The van der Waals surface area contributed by atoms with E-state index in [-0.39, 0.29) is 17.3 Å². The third-order valence-electron chi connectivity index (χ3n) is 3.09. The predicted octanol–water partition coefficient (Wildman–Crippen LogP) is 2.87. The lowest BCUT2D eigenvalue weighted by Crippen LogP contribution is -2.42. The van der Waals surface area contributed by atoms with Gasteiger partial charge in [-0.25, -0.2) is 4.79 Å². The van der Waals surface area contributed by atoms with E-state index in [2.05, 4.69) is 0 Å². The van der Waals surface area contributed by atoms with Crippen LogP contribution < -0.4 is 0 Å². The number of carbonyl (C=O) groups is 2. The Bertz CT molecular complexity index is 523. The Balaban J connectivity index is 2.29. The van der Waals surface area contributed by atoms with Gasteiger partial charge in [0.05, 0.1) is 6.61 Å². The van der Waals surface area contributed by atoms with Gasteiger partial charge in [0.2, 0.25) is 5.91 Å². The Kier molecular flexibility index (Phi) is 4.94. The van der Waals surface area contributed by atoms with Gasteiger partial charge in [-0.1, -0.05) is 29.8 Å². The molecule has 0 N–H and O–H groups in total. The van der Waals surface area contributed by atoms with Gasteiger partial charge in [0.1, 0.15) is 11.4 Å². The SMILES string of the molecule is CCOC(=O)C1CSC(c2ccccc2Cl)N1C(C)=O. The van der Waals surface area contributed by atoms with Crippen molar-refractivity contribution >= 4 is 35.2 Å². The van der Waals surface area contributed by atoms with Crippen LogP contribution in [-0.4, -0.2) is 35.2 Å². The maximum atomic E-state index is 12.0. The maximum absolute atomic E-state index is 12.0. The van der Waals surface area contributed by atoms with Crippen LogP contribution in [0.2, 0.25) is 5.02 Å². The van der Waals surface area contributed by atoms with Crippen molar-refractivity contribution in [2.75, 3.05) is 12.4 Å². The normalized spacial score (nSPS) is 21.9. The number of benzene rings is 1. The molecule has 1 aliphatic heterocycles. The molecule has 0 saturated carbocycles. The number of thioether (sulfide) groups is 1. The quantitative estimate of drug-likeness (QED) is 0.805. The standard InChI is InChI=1S/C14H16ClNO3S/c1-3-19-14(18)12-8-20-13(16(12)9(2)17)10-6-4-5-7-11(10)15/h4-7,12-13H,3,8H2,1-2H3. The van der Waals surface area contributed by atoms with Crippen molar-refractivity contribution in [2.24, 2.45) is 0 Å². The summed E-state index contributed by atoms with van der Waals surface area (Å²) in [6.45, 7) is 3.52. The minimum atomic E-state index is -0.543. The van der Waals surface area contributed by atoms with Crippen LogP contribution in [0.15, 0.2) is 24.3 Å². The summed E-state index contributed by atoms with van der Waals surface area (Å²) in [6, 6.07) is 6.83. The smallest absolute Gasteiger partial charge is 0.329 e. The Morgan fingerprint density at radius 3 is 2.75 bits per heavy atom. The molecule has 1 aromatic carbocycles. The Morgan fingerprint density at radius 2 is 2.15 bits per heavy atom. The number of amides is 1. The molecule has 108 valence electrons. The molecular formula is C14H16ClNO3S. The zero-order valence-corrected chi connectivity index (χ0v) is 12.9. The summed E-state index contributed by atoms with van der Waals surface area (Å²) in [5, 5.41) is 0.358. The lowest BCUT2D eigenvalue weighted by atomic mass is 10.1. The third kappa shape index (κ3) is 2.94. The van der Waals surface area contributed by atoms with Crippen LogP contribution in [0.25, 0.3) is 0 Å². The second kappa shape index (κ2) is 6.50. The molecule has 0 aromatic heterocycles. The van der Waals surface area contributed by atoms with Crippen LogP contribution in [0.5, 0.6) is 0 Å². The molecule has 0 bridgehead atoms. The largest absolute Gasteiger partial charge is 0.464 e. The monoisotopic (exact) mass is 313 g/mol. The van der Waals surface area contributed by atoms with Gasteiger partial charge in [-0.3, -0.25) is 4.79 Å². The lowest BCUT2D eigenvalue weighted by Gasteiger charge is -2.27. The number of hydrogen-bond acceptors (Lipinski definition) is 4. The number of carbonyl (C=O) groups excluding carboxylic acids is 2. The molecule has 2 unspecified atom stereocenters. The van der Waals surface area contributed by atoms with Gasteiger partial charge in [-0.05, 0) is 13.0 Å². The van der Waals surface area contributed by atoms with Crippen molar-refractivity contribution < 1.29 is 14.3 Å². The Labute approximate surface area is 127 Å². The first-order valence-corrected chi connectivity index (χ1v) is 7.80. The molecule has 0 radical (unpaired) electrons. The second-order valence-corrected chi connectivity index (χ2v) is 5.92. The molecule has 0 spiro atoms. The summed E-state index contributed by atoms with van der Waals surface area (Å²) in [7, 11) is 0. The second-order valence-electron chi connectivity index (χ2n) is 4.40. The van der Waals surface area contributed by atoms with Crippen molar-refractivity contribution in [2.45, 2.75) is 25.3 Å². The summed E-state index contributed by atoms with van der Waals surface area (Å²) in [5.41, 5.74) is 0.848. The third-order valence-corrected chi connectivity index (χ3v) is 4.74. The summed E-state index contributed by atoms with van der Waals surface area (Å²) in [4.78, 5) is 25.4. The average molecular weight is 314 g/mol. The fourth-order valence-corrected chi connectivity index (χ4v) is 4.03. The molecule has 1 amide bonds. The van der Waals surface area contributed by atoms with Crippen LogP contribution >= 0.6 is 23.4 Å². The van der Waals surface area contributed by atoms with E-state index in [1.54, 1.807) is 17.9 Å². The highest BCUT2D eigenvalue weighted by Crippen LogP contribution is 2.43. The number of esters is 1. The molecule has 20 heavy (non-hydrogen) atoms. The lowest BCUT2D eigenvalue weighted by molar-refractivity contribution is -0.153. The number of nitrogens with zero attached hydrogens (tertiary/aromatic N) is 1. The highest BCUT2D eigenvalue weighted by atomic mass is 35.5. The molecule has 1 aliphatic rings. The van der Waals surface area contributed by atoms with Crippen LogP contribution in [0.1, 0.15) is 24.8 Å². The van der Waals surface area contributed by atoms with Crippen LogP contribution in [0.3, 0.4) is 0 Å². The van der Waals surface area contributed by atoms with Crippen LogP contribution in [0.4, 0.5) is 0 Å². The zero-order valence-electron chi connectivity index (χ0n) is 11.3. The van der Waals surface area contributed by atoms with Gasteiger partial charge in [-0.2, -0.15) is 0 Å². The molecule has 4 nitrogen and oxygen atoms in total. The van der Waals surface area contributed by atoms with E-state index in [0.29, 0.717) is 17.4 Å². The summed E-state index contributed by atoms with van der Waals surface area (Å²) >= 11 is 7.72. The highest BCUT2D eigenvalue weighted by molar-refractivity contribution is 7.99. The van der Waals surface area contributed by atoms with E-state index in [1.165, 1.54) is 18.7 Å². The van der Waals surface area contributed by atoms with Gasteiger partial charge in [0.15, 0.2) is 0 Å². The molecule has 1 aromatic rings. The summed E-state index contributed by atoms with van der Waals surface area (Å²) < 4.78 is 5.04. The topological polar surface area (TPSA) is 46.6 Å². The van der Waals surface area contributed by atoms with Crippen molar-refractivity contribution in [3.8, 4) is 0 Å². The average Bonchev–Trinajstić information content (AvgIpc) is 2.84. The van der Waals surface area contributed by atoms with E-state index in [1.807, 2.05) is 18.2 Å². The minimum Gasteiger partial charge on any atom is -0.464 e. The van der Waals surface area contributed by atoms with E-state index in [9.17, 15) is 9.59 Å². The molecule has 2 rings (SSSR count). The zero-order chi connectivity index (χ0) is 14.7. The van der Waals surface area contributed by atoms with Crippen molar-refractivity contribution in [3.63, 3.8) is 0 Å². The molecular weight excluding hydrogens is 298 g/mol. The van der Waals surface area contributed by atoms with E-state index in [4.69, 9.17) is 16.3 Å². The maximum Gasteiger partial charge on any atom is 0.329 e. The van der Waals surface area contributed by atoms with E-state index >= 15 is 0 Å². The van der Waals surface area contributed by atoms with Gasteiger partial charge in [-0.15, -0.1) is 11.8 Å². The van der Waals surface area contributed by atoms with Crippen LogP contribution in [-0.2, 0) is 14.3 Å². The van der Waals surface area contributed by atoms with Crippen LogP contribution in [0, 0.1) is 0 Å². The van der Waals surface area contributed by atoms with Gasteiger partial charge >= 0.3 is 5.97 Å². The fourth-order valence-electron chi connectivity index (χ4n) is 2.23. The van der Waals surface area contributed by atoms with Gasteiger partial charge in [0, 0.05) is 23.3 Å². The number of hydrogen-bond donors (Lipinski definition) is 0. The van der Waals surface area contributed by atoms with Gasteiger partial charge in [0.25, 0.3) is 0 Å². The molecule has 2 atom stereocenters.